The monoisotopic (exact) mass is 296 g/mol. The van der Waals surface area contributed by atoms with Crippen molar-refractivity contribution >= 4 is 23.2 Å². The Balaban J connectivity index is 1.93. The number of benzene rings is 2. The van der Waals surface area contributed by atoms with Crippen molar-refractivity contribution in [2.24, 2.45) is 0 Å². The summed E-state index contributed by atoms with van der Waals surface area (Å²) >= 11 is 6.06. The van der Waals surface area contributed by atoms with Gasteiger partial charge in [-0.3, -0.25) is 4.79 Å². The first kappa shape index (κ1) is 13.5. The van der Waals surface area contributed by atoms with E-state index in [0.717, 1.165) is 11.4 Å². The number of para-hydroxylation sites is 2. The SMILES string of the molecule is O=C(Nc1ccccc1-n1cccc1)c1ccccc1Cl. The zero-order chi connectivity index (χ0) is 14.7. The summed E-state index contributed by atoms with van der Waals surface area (Å²) < 4.78 is 1.95. The summed E-state index contributed by atoms with van der Waals surface area (Å²) in [6.45, 7) is 0. The summed E-state index contributed by atoms with van der Waals surface area (Å²) in [6, 6.07) is 18.5. The van der Waals surface area contributed by atoms with Gasteiger partial charge in [0.15, 0.2) is 0 Å². The fourth-order valence-corrected chi connectivity index (χ4v) is 2.36. The number of carbonyl (C=O) groups excluding carboxylic acids is 1. The molecular weight excluding hydrogens is 284 g/mol. The standard InChI is InChI=1S/C17H13ClN2O/c18-14-8-2-1-7-13(14)17(21)19-15-9-3-4-10-16(15)20-11-5-6-12-20/h1-12H,(H,19,21). The van der Waals surface area contributed by atoms with Crippen LogP contribution in [-0.4, -0.2) is 10.5 Å². The molecule has 0 unspecified atom stereocenters. The number of anilines is 1. The van der Waals surface area contributed by atoms with E-state index in [1.807, 2.05) is 53.4 Å². The zero-order valence-electron chi connectivity index (χ0n) is 11.2. The molecule has 0 saturated heterocycles. The van der Waals surface area contributed by atoms with E-state index < -0.39 is 0 Å². The van der Waals surface area contributed by atoms with Crippen molar-refractivity contribution in [3.05, 3.63) is 83.6 Å². The highest BCUT2D eigenvalue weighted by Gasteiger charge is 2.12. The summed E-state index contributed by atoms with van der Waals surface area (Å²) in [5.41, 5.74) is 2.10. The van der Waals surface area contributed by atoms with Crippen LogP contribution in [0.5, 0.6) is 0 Å². The van der Waals surface area contributed by atoms with Gasteiger partial charge in [-0.05, 0) is 36.4 Å². The van der Waals surface area contributed by atoms with Gasteiger partial charge in [-0.2, -0.15) is 0 Å². The summed E-state index contributed by atoms with van der Waals surface area (Å²) in [7, 11) is 0. The Labute approximate surface area is 127 Å². The van der Waals surface area contributed by atoms with Crippen LogP contribution >= 0.6 is 11.6 Å². The first-order valence-corrected chi connectivity index (χ1v) is 6.92. The van der Waals surface area contributed by atoms with E-state index in [2.05, 4.69) is 5.32 Å². The zero-order valence-corrected chi connectivity index (χ0v) is 11.9. The molecular formula is C17H13ClN2O. The number of hydrogen-bond donors (Lipinski definition) is 1. The van der Waals surface area contributed by atoms with Gasteiger partial charge in [-0.1, -0.05) is 35.9 Å². The molecule has 0 aliphatic rings. The lowest BCUT2D eigenvalue weighted by Gasteiger charge is -2.12. The lowest BCUT2D eigenvalue weighted by molar-refractivity contribution is 0.102. The van der Waals surface area contributed by atoms with Crippen LogP contribution in [0.2, 0.25) is 5.02 Å². The molecule has 104 valence electrons. The number of aromatic nitrogens is 1. The minimum absolute atomic E-state index is 0.222. The third-order valence-corrected chi connectivity index (χ3v) is 3.48. The summed E-state index contributed by atoms with van der Waals surface area (Å²) in [6.07, 6.45) is 3.86. The van der Waals surface area contributed by atoms with E-state index in [1.165, 1.54) is 0 Å². The summed E-state index contributed by atoms with van der Waals surface area (Å²) in [5.74, 6) is -0.222. The smallest absolute Gasteiger partial charge is 0.257 e. The lowest BCUT2D eigenvalue weighted by Crippen LogP contribution is -2.14. The minimum atomic E-state index is -0.222. The average molecular weight is 297 g/mol. The highest BCUT2D eigenvalue weighted by atomic mass is 35.5. The molecule has 0 aliphatic heterocycles. The predicted octanol–water partition coefficient (Wildman–Crippen LogP) is 4.38. The Hall–Kier alpha value is -2.52. The Morgan fingerprint density at radius 1 is 0.905 bits per heavy atom. The molecule has 1 aromatic heterocycles. The highest BCUT2D eigenvalue weighted by molar-refractivity contribution is 6.34. The number of amides is 1. The van der Waals surface area contributed by atoms with Crippen LogP contribution in [0.25, 0.3) is 5.69 Å². The van der Waals surface area contributed by atoms with Crippen molar-refractivity contribution in [3.8, 4) is 5.69 Å². The second-order valence-corrected chi connectivity index (χ2v) is 4.95. The molecule has 0 spiro atoms. The number of rotatable bonds is 3. The maximum absolute atomic E-state index is 12.4. The third-order valence-electron chi connectivity index (χ3n) is 3.15. The van der Waals surface area contributed by atoms with Crippen molar-refractivity contribution in [2.75, 3.05) is 5.32 Å². The van der Waals surface area contributed by atoms with Gasteiger partial charge in [-0.15, -0.1) is 0 Å². The molecule has 1 N–H and O–H groups in total. The van der Waals surface area contributed by atoms with Crippen molar-refractivity contribution in [1.29, 1.82) is 0 Å². The molecule has 0 saturated carbocycles. The Bertz CT molecular complexity index is 766. The molecule has 0 bridgehead atoms. The van der Waals surface area contributed by atoms with Crippen LogP contribution < -0.4 is 5.32 Å². The topological polar surface area (TPSA) is 34.0 Å². The number of nitrogens with one attached hydrogen (secondary N) is 1. The molecule has 0 radical (unpaired) electrons. The number of hydrogen-bond acceptors (Lipinski definition) is 1. The molecule has 0 fully saturated rings. The van der Waals surface area contributed by atoms with Gasteiger partial charge < -0.3 is 9.88 Å². The van der Waals surface area contributed by atoms with E-state index in [0.29, 0.717) is 10.6 Å². The first-order chi connectivity index (χ1) is 10.3. The van der Waals surface area contributed by atoms with Crippen molar-refractivity contribution in [2.45, 2.75) is 0 Å². The normalized spacial score (nSPS) is 10.3. The molecule has 2 aromatic carbocycles. The van der Waals surface area contributed by atoms with Crippen LogP contribution in [0.4, 0.5) is 5.69 Å². The van der Waals surface area contributed by atoms with Crippen LogP contribution in [0.15, 0.2) is 73.1 Å². The van der Waals surface area contributed by atoms with E-state index >= 15 is 0 Å². The van der Waals surface area contributed by atoms with Gasteiger partial charge in [0.2, 0.25) is 0 Å². The van der Waals surface area contributed by atoms with Gasteiger partial charge in [0.25, 0.3) is 5.91 Å². The first-order valence-electron chi connectivity index (χ1n) is 6.54. The minimum Gasteiger partial charge on any atom is -0.322 e. The van der Waals surface area contributed by atoms with Gasteiger partial charge in [0, 0.05) is 12.4 Å². The van der Waals surface area contributed by atoms with Crippen LogP contribution in [0.3, 0.4) is 0 Å². The molecule has 1 heterocycles. The second kappa shape index (κ2) is 5.85. The number of halogens is 1. The van der Waals surface area contributed by atoms with Gasteiger partial charge >= 0.3 is 0 Å². The van der Waals surface area contributed by atoms with Gasteiger partial charge in [0.1, 0.15) is 0 Å². The molecule has 4 heteroatoms. The Kier molecular flexibility index (Phi) is 3.75. The second-order valence-electron chi connectivity index (χ2n) is 4.54. The Morgan fingerprint density at radius 3 is 2.33 bits per heavy atom. The van der Waals surface area contributed by atoms with Crippen molar-refractivity contribution in [1.82, 2.24) is 4.57 Å². The lowest BCUT2D eigenvalue weighted by atomic mass is 10.2. The number of nitrogens with zero attached hydrogens (tertiary/aromatic N) is 1. The summed E-state index contributed by atoms with van der Waals surface area (Å²) in [5, 5.41) is 3.35. The van der Waals surface area contributed by atoms with Crippen LogP contribution in [0, 0.1) is 0 Å². The van der Waals surface area contributed by atoms with Gasteiger partial charge in [0.05, 0.1) is 22.0 Å². The molecule has 1 amide bonds. The molecule has 3 nitrogen and oxygen atoms in total. The third kappa shape index (κ3) is 2.83. The van der Waals surface area contributed by atoms with E-state index in [4.69, 9.17) is 11.6 Å². The molecule has 21 heavy (non-hydrogen) atoms. The molecule has 3 rings (SSSR count). The fourth-order valence-electron chi connectivity index (χ4n) is 2.13. The average Bonchev–Trinajstić information content (AvgIpc) is 3.02. The summed E-state index contributed by atoms with van der Waals surface area (Å²) in [4.78, 5) is 12.4. The number of carbonyl (C=O) groups is 1. The fraction of sp³-hybridized carbons (Fsp3) is 0. The van der Waals surface area contributed by atoms with Crippen molar-refractivity contribution in [3.63, 3.8) is 0 Å². The largest absolute Gasteiger partial charge is 0.322 e. The quantitative estimate of drug-likeness (QED) is 0.764. The van der Waals surface area contributed by atoms with Crippen molar-refractivity contribution < 1.29 is 4.79 Å². The van der Waals surface area contributed by atoms with E-state index in [9.17, 15) is 4.79 Å². The highest BCUT2D eigenvalue weighted by Crippen LogP contribution is 2.22. The maximum Gasteiger partial charge on any atom is 0.257 e. The van der Waals surface area contributed by atoms with Crippen LogP contribution in [0.1, 0.15) is 10.4 Å². The molecule has 0 atom stereocenters. The van der Waals surface area contributed by atoms with Gasteiger partial charge in [-0.25, -0.2) is 0 Å². The Morgan fingerprint density at radius 2 is 1.57 bits per heavy atom. The van der Waals surface area contributed by atoms with E-state index in [-0.39, 0.29) is 5.91 Å². The van der Waals surface area contributed by atoms with E-state index in [1.54, 1.807) is 24.3 Å². The maximum atomic E-state index is 12.4. The molecule has 3 aromatic rings. The van der Waals surface area contributed by atoms with Crippen LogP contribution in [-0.2, 0) is 0 Å². The molecule has 0 aliphatic carbocycles. The predicted molar refractivity (Wildman–Crippen MR) is 85.2 cm³/mol.